The smallest absolute Gasteiger partial charge is 0.336 e. The van der Waals surface area contributed by atoms with Gasteiger partial charge < -0.3 is 5.11 Å². The Morgan fingerprint density at radius 1 is 1.30 bits per heavy atom. The van der Waals surface area contributed by atoms with E-state index in [-0.39, 0.29) is 5.92 Å². The lowest BCUT2D eigenvalue weighted by molar-refractivity contribution is 0.0696. The maximum absolute atomic E-state index is 11.8. The van der Waals surface area contributed by atoms with Gasteiger partial charge in [-0.25, -0.2) is 4.79 Å². The van der Waals surface area contributed by atoms with Gasteiger partial charge in [0.05, 0.1) is 11.1 Å². The quantitative estimate of drug-likeness (QED) is 0.835. The van der Waals surface area contributed by atoms with Crippen molar-refractivity contribution < 1.29 is 9.90 Å². The lowest BCUT2D eigenvalue weighted by Crippen LogP contribution is -2.18. The Morgan fingerprint density at radius 3 is 2.70 bits per heavy atom. The summed E-state index contributed by atoms with van der Waals surface area (Å²) in [7, 11) is 0. The number of aromatic carboxylic acids is 1. The highest BCUT2D eigenvalue weighted by Gasteiger charge is 2.30. The van der Waals surface area contributed by atoms with E-state index in [0.29, 0.717) is 27.4 Å². The summed E-state index contributed by atoms with van der Waals surface area (Å²) < 4.78 is 0. The van der Waals surface area contributed by atoms with Crippen molar-refractivity contribution in [2.45, 2.75) is 38.5 Å². The normalized spacial score (nSPS) is 21.8. The van der Waals surface area contributed by atoms with Crippen LogP contribution in [0.5, 0.6) is 0 Å². The van der Waals surface area contributed by atoms with Crippen molar-refractivity contribution >= 4 is 28.5 Å². The van der Waals surface area contributed by atoms with Gasteiger partial charge in [-0.05, 0) is 42.4 Å². The number of benzene rings is 1. The van der Waals surface area contributed by atoms with Crippen LogP contribution in [-0.2, 0) is 0 Å². The first kappa shape index (κ1) is 13.4. The summed E-state index contributed by atoms with van der Waals surface area (Å²) in [4.78, 5) is 16.5. The molecule has 104 valence electrons. The van der Waals surface area contributed by atoms with Crippen LogP contribution >= 0.6 is 11.6 Å². The Labute approximate surface area is 122 Å². The second-order valence-electron chi connectivity index (χ2n) is 5.63. The average molecular weight is 290 g/mol. The molecule has 0 fully saturated rings. The van der Waals surface area contributed by atoms with Crippen molar-refractivity contribution in [2.75, 3.05) is 0 Å². The van der Waals surface area contributed by atoms with Gasteiger partial charge in [-0.1, -0.05) is 31.5 Å². The lowest BCUT2D eigenvalue weighted by Gasteiger charge is -2.28. The predicted molar refractivity (Wildman–Crippen MR) is 79.8 cm³/mol. The molecule has 2 unspecified atom stereocenters. The molecule has 1 N–H and O–H groups in total. The summed E-state index contributed by atoms with van der Waals surface area (Å²) in [5.74, 6) is -0.348. The van der Waals surface area contributed by atoms with Crippen LogP contribution in [0.3, 0.4) is 0 Å². The van der Waals surface area contributed by atoms with Crippen molar-refractivity contribution in [1.82, 2.24) is 4.98 Å². The number of nitrogens with zero attached hydrogens (tertiary/aromatic N) is 1. The zero-order chi connectivity index (χ0) is 14.4. The molecule has 1 aliphatic rings. The largest absolute Gasteiger partial charge is 0.478 e. The number of fused-ring (bicyclic) bond motifs is 2. The van der Waals surface area contributed by atoms with Gasteiger partial charge in [0, 0.05) is 16.1 Å². The van der Waals surface area contributed by atoms with Crippen LogP contribution < -0.4 is 0 Å². The van der Waals surface area contributed by atoms with Crippen molar-refractivity contribution in [3.05, 3.63) is 40.0 Å². The van der Waals surface area contributed by atoms with Crippen LogP contribution in [0.2, 0.25) is 5.02 Å². The lowest BCUT2D eigenvalue weighted by atomic mass is 9.78. The SMILES string of the molecule is CC1CCC(C)c2c1nc1cc(Cl)ccc1c2C(=O)O. The molecule has 0 spiro atoms. The molecule has 3 nitrogen and oxygen atoms in total. The molecule has 1 heterocycles. The molecule has 0 radical (unpaired) electrons. The van der Waals surface area contributed by atoms with Gasteiger partial charge in [0.1, 0.15) is 0 Å². The highest BCUT2D eigenvalue weighted by atomic mass is 35.5. The van der Waals surface area contributed by atoms with Crippen LogP contribution in [-0.4, -0.2) is 16.1 Å². The van der Waals surface area contributed by atoms with Gasteiger partial charge in [0.15, 0.2) is 0 Å². The van der Waals surface area contributed by atoms with Crippen molar-refractivity contribution in [2.24, 2.45) is 0 Å². The van der Waals surface area contributed by atoms with E-state index < -0.39 is 5.97 Å². The first-order chi connectivity index (χ1) is 9.49. The number of carbonyl (C=O) groups is 1. The average Bonchev–Trinajstić information content (AvgIpc) is 2.40. The highest BCUT2D eigenvalue weighted by molar-refractivity contribution is 6.31. The summed E-state index contributed by atoms with van der Waals surface area (Å²) in [5.41, 5.74) is 2.91. The van der Waals surface area contributed by atoms with Gasteiger partial charge in [0.25, 0.3) is 0 Å². The van der Waals surface area contributed by atoms with Gasteiger partial charge in [-0.2, -0.15) is 0 Å². The van der Waals surface area contributed by atoms with E-state index in [2.05, 4.69) is 13.8 Å². The number of rotatable bonds is 1. The summed E-state index contributed by atoms with van der Waals surface area (Å²) in [6, 6.07) is 5.23. The maximum Gasteiger partial charge on any atom is 0.336 e. The standard InChI is InChI=1S/C16H16ClNO2/c1-8-3-4-9(2)15-13(8)14(16(19)20)11-6-5-10(17)7-12(11)18-15/h5-9H,3-4H2,1-2H3,(H,19,20). The molecule has 2 aromatic rings. The second kappa shape index (κ2) is 4.74. The monoisotopic (exact) mass is 289 g/mol. The molecule has 1 aliphatic carbocycles. The number of carboxylic acids is 1. The van der Waals surface area contributed by atoms with E-state index >= 15 is 0 Å². The molecule has 0 saturated carbocycles. The minimum atomic E-state index is -0.878. The van der Waals surface area contributed by atoms with Crippen LogP contribution in [0.4, 0.5) is 0 Å². The summed E-state index contributed by atoms with van der Waals surface area (Å²) in [5, 5.41) is 10.9. The number of halogens is 1. The fourth-order valence-corrected chi connectivity index (χ4v) is 3.32. The molecule has 0 bridgehead atoms. The molecule has 2 atom stereocenters. The fourth-order valence-electron chi connectivity index (χ4n) is 3.16. The van der Waals surface area contributed by atoms with Gasteiger partial charge in [-0.3, -0.25) is 4.98 Å². The van der Waals surface area contributed by atoms with E-state index in [1.165, 1.54) is 0 Å². The first-order valence-corrected chi connectivity index (χ1v) is 7.23. The molecule has 0 saturated heterocycles. The van der Waals surface area contributed by atoms with Crippen molar-refractivity contribution in [1.29, 1.82) is 0 Å². The van der Waals surface area contributed by atoms with E-state index in [0.717, 1.165) is 24.1 Å². The molecule has 1 aromatic carbocycles. The molecule has 4 heteroatoms. The molecular weight excluding hydrogens is 274 g/mol. The third-order valence-corrected chi connectivity index (χ3v) is 4.46. The van der Waals surface area contributed by atoms with Crippen LogP contribution in [0.1, 0.15) is 60.1 Å². The van der Waals surface area contributed by atoms with E-state index in [1.807, 2.05) is 0 Å². The number of aromatic nitrogens is 1. The molecule has 0 aliphatic heterocycles. The molecular formula is C16H16ClNO2. The van der Waals surface area contributed by atoms with Gasteiger partial charge in [-0.15, -0.1) is 0 Å². The zero-order valence-electron chi connectivity index (χ0n) is 11.5. The minimum absolute atomic E-state index is 0.236. The summed E-state index contributed by atoms with van der Waals surface area (Å²) in [6.45, 7) is 4.19. The summed E-state index contributed by atoms with van der Waals surface area (Å²) in [6.07, 6.45) is 2.06. The predicted octanol–water partition coefficient (Wildman–Crippen LogP) is 4.59. The molecule has 1 aromatic heterocycles. The first-order valence-electron chi connectivity index (χ1n) is 6.85. The molecule has 0 amide bonds. The third kappa shape index (κ3) is 1.97. The summed E-state index contributed by atoms with van der Waals surface area (Å²) >= 11 is 6.01. The molecule has 20 heavy (non-hydrogen) atoms. The van der Waals surface area contributed by atoms with Gasteiger partial charge >= 0.3 is 5.97 Å². The second-order valence-corrected chi connectivity index (χ2v) is 6.07. The number of hydrogen-bond acceptors (Lipinski definition) is 2. The fraction of sp³-hybridized carbons (Fsp3) is 0.375. The van der Waals surface area contributed by atoms with E-state index in [9.17, 15) is 9.90 Å². The highest BCUT2D eigenvalue weighted by Crippen LogP contribution is 2.41. The topological polar surface area (TPSA) is 50.2 Å². The van der Waals surface area contributed by atoms with E-state index in [4.69, 9.17) is 16.6 Å². The Bertz CT molecular complexity index is 711. The Hall–Kier alpha value is -1.61. The maximum atomic E-state index is 11.8. The minimum Gasteiger partial charge on any atom is -0.478 e. The van der Waals surface area contributed by atoms with E-state index in [1.54, 1.807) is 18.2 Å². The third-order valence-electron chi connectivity index (χ3n) is 4.22. The molecule has 3 rings (SSSR count). The van der Waals surface area contributed by atoms with Crippen LogP contribution in [0.25, 0.3) is 10.9 Å². The Balaban J connectivity index is 2.44. The number of hydrogen-bond donors (Lipinski definition) is 1. The van der Waals surface area contributed by atoms with Crippen molar-refractivity contribution in [3.8, 4) is 0 Å². The number of pyridine rings is 1. The van der Waals surface area contributed by atoms with Crippen molar-refractivity contribution in [3.63, 3.8) is 0 Å². The Morgan fingerprint density at radius 2 is 2.00 bits per heavy atom. The Kier molecular flexibility index (Phi) is 3.17. The number of carboxylic acid groups (broad SMARTS) is 1. The van der Waals surface area contributed by atoms with Crippen LogP contribution in [0, 0.1) is 0 Å². The van der Waals surface area contributed by atoms with Gasteiger partial charge in [0.2, 0.25) is 0 Å². The zero-order valence-corrected chi connectivity index (χ0v) is 12.2. The van der Waals surface area contributed by atoms with Crippen LogP contribution in [0.15, 0.2) is 18.2 Å².